The van der Waals surface area contributed by atoms with Gasteiger partial charge in [0.15, 0.2) is 0 Å². The molecule has 3 nitrogen and oxygen atoms in total. The molecule has 13 heavy (non-hydrogen) atoms. The zero-order chi connectivity index (χ0) is 8.39. The molecule has 1 saturated heterocycles. The van der Waals surface area contributed by atoms with E-state index in [1.54, 1.807) is 0 Å². The van der Waals surface area contributed by atoms with E-state index in [4.69, 9.17) is 5.73 Å². The molecule has 72 valence electrons. The molecule has 0 spiro atoms. The highest BCUT2D eigenvalue weighted by atomic mass is 35.5. The lowest BCUT2D eigenvalue weighted by Gasteiger charge is -2.15. The summed E-state index contributed by atoms with van der Waals surface area (Å²) in [5, 5.41) is 0. The number of hydrogen-bond donors (Lipinski definition) is 1. The van der Waals surface area contributed by atoms with Crippen LogP contribution in [0.2, 0.25) is 0 Å². The summed E-state index contributed by atoms with van der Waals surface area (Å²) in [6, 6.07) is 6.29. The van der Waals surface area contributed by atoms with Crippen LogP contribution in [0.4, 0.5) is 5.82 Å². The summed E-state index contributed by atoms with van der Waals surface area (Å²) in [5.41, 5.74) is 5.79. The molecule has 2 N–H and O–H groups in total. The molecule has 0 amide bonds. The van der Waals surface area contributed by atoms with Crippen LogP contribution in [0, 0.1) is 0 Å². The van der Waals surface area contributed by atoms with Crippen molar-refractivity contribution < 1.29 is 0 Å². The molecule has 2 heterocycles. The maximum Gasteiger partial charge on any atom is 0.128 e. The summed E-state index contributed by atoms with van der Waals surface area (Å²) in [7, 11) is 0. The van der Waals surface area contributed by atoms with Gasteiger partial charge in [0, 0.05) is 25.3 Å². The smallest absolute Gasteiger partial charge is 0.128 e. The Kier molecular flexibility index (Phi) is 3.51. The minimum atomic E-state index is 0. The van der Waals surface area contributed by atoms with E-state index in [2.05, 4.69) is 9.88 Å². The summed E-state index contributed by atoms with van der Waals surface area (Å²) in [6.07, 6.45) is 2.90. The Morgan fingerprint density at radius 1 is 1.46 bits per heavy atom. The number of pyridine rings is 1. The highest BCUT2D eigenvalue weighted by molar-refractivity contribution is 5.85. The van der Waals surface area contributed by atoms with Gasteiger partial charge in [0.25, 0.3) is 0 Å². The van der Waals surface area contributed by atoms with Gasteiger partial charge in [-0.15, -0.1) is 12.4 Å². The van der Waals surface area contributed by atoms with E-state index in [0.29, 0.717) is 6.04 Å². The standard InChI is InChI=1S/C9H13N3.ClH/c10-8-4-6-12(7-8)9-3-1-2-5-11-9;/h1-3,5,8H,4,6-7,10H2;1H. The highest BCUT2D eigenvalue weighted by Gasteiger charge is 2.19. The largest absolute Gasteiger partial charge is 0.355 e. The van der Waals surface area contributed by atoms with E-state index in [1.807, 2.05) is 24.4 Å². The molecule has 0 aromatic carbocycles. The van der Waals surface area contributed by atoms with Crippen LogP contribution in [-0.2, 0) is 0 Å². The van der Waals surface area contributed by atoms with Crippen molar-refractivity contribution in [1.82, 2.24) is 4.98 Å². The molecule has 0 radical (unpaired) electrons. The molecule has 0 bridgehead atoms. The Balaban J connectivity index is 0.000000845. The van der Waals surface area contributed by atoms with Gasteiger partial charge in [0.1, 0.15) is 5.82 Å². The molecule has 1 aromatic rings. The molecule has 0 saturated carbocycles. The van der Waals surface area contributed by atoms with Crippen LogP contribution >= 0.6 is 12.4 Å². The van der Waals surface area contributed by atoms with Crippen molar-refractivity contribution in [3.63, 3.8) is 0 Å². The van der Waals surface area contributed by atoms with Gasteiger partial charge in [0.2, 0.25) is 0 Å². The Labute approximate surface area is 84.4 Å². The van der Waals surface area contributed by atoms with Gasteiger partial charge >= 0.3 is 0 Å². The quantitative estimate of drug-likeness (QED) is 0.735. The fourth-order valence-electron chi connectivity index (χ4n) is 1.54. The van der Waals surface area contributed by atoms with Crippen LogP contribution in [0.1, 0.15) is 6.42 Å². The van der Waals surface area contributed by atoms with Crippen molar-refractivity contribution in [2.24, 2.45) is 5.73 Å². The minimum Gasteiger partial charge on any atom is -0.355 e. The van der Waals surface area contributed by atoms with Crippen LogP contribution in [0.3, 0.4) is 0 Å². The number of nitrogens with two attached hydrogens (primary N) is 1. The number of rotatable bonds is 1. The molecule has 1 aliphatic heterocycles. The topological polar surface area (TPSA) is 42.1 Å². The summed E-state index contributed by atoms with van der Waals surface area (Å²) < 4.78 is 0. The fraction of sp³-hybridized carbons (Fsp3) is 0.444. The van der Waals surface area contributed by atoms with Crippen LogP contribution < -0.4 is 10.6 Å². The van der Waals surface area contributed by atoms with Crippen molar-refractivity contribution in [3.8, 4) is 0 Å². The van der Waals surface area contributed by atoms with E-state index in [1.165, 1.54) is 0 Å². The highest BCUT2D eigenvalue weighted by Crippen LogP contribution is 2.15. The van der Waals surface area contributed by atoms with Gasteiger partial charge in [-0.1, -0.05) is 6.07 Å². The minimum absolute atomic E-state index is 0. The van der Waals surface area contributed by atoms with Crippen molar-refractivity contribution in [2.75, 3.05) is 18.0 Å². The van der Waals surface area contributed by atoms with Gasteiger partial charge in [-0.3, -0.25) is 0 Å². The maximum atomic E-state index is 5.79. The van der Waals surface area contributed by atoms with E-state index in [9.17, 15) is 0 Å². The average Bonchev–Trinajstić information content (AvgIpc) is 2.54. The molecule has 1 atom stereocenters. The first-order valence-corrected chi connectivity index (χ1v) is 4.28. The van der Waals surface area contributed by atoms with Crippen LogP contribution in [0.15, 0.2) is 24.4 Å². The van der Waals surface area contributed by atoms with Crippen LogP contribution in [0.5, 0.6) is 0 Å². The summed E-state index contributed by atoms with van der Waals surface area (Å²) >= 11 is 0. The zero-order valence-corrected chi connectivity index (χ0v) is 8.20. The third-order valence-electron chi connectivity index (χ3n) is 2.20. The van der Waals surface area contributed by atoms with Gasteiger partial charge < -0.3 is 10.6 Å². The second kappa shape index (κ2) is 4.44. The Bertz CT molecular complexity index is 252. The molecule has 1 fully saturated rings. The lowest BCUT2D eigenvalue weighted by molar-refractivity contribution is 0.751. The third kappa shape index (κ3) is 2.32. The monoisotopic (exact) mass is 199 g/mol. The first-order valence-electron chi connectivity index (χ1n) is 4.28. The van der Waals surface area contributed by atoms with Crippen LogP contribution in [0.25, 0.3) is 0 Å². The SMILES string of the molecule is Cl.NC1CCN(c2ccccn2)C1. The lowest BCUT2D eigenvalue weighted by atomic mass is 10.3. The Morgan fingerprint density at radius 2 is 2.31 bits per heavy atom. The average molecular weight is 200 g/mol. The van der Waals surface area contributed by atoms with E-state index in [0.717, 1.165) is 25.3 Å². The van der Waals surface area contributed by atoms with Crippen molar-refractivity contribution in [3.05, 3.63) is 24.4 Å². The third-order valence-corrected chi connectivity index (χ3v) is 2.20. The predicted octanol–water partition coefficient (Wildman–Crippen LogP) is 1.04. The van der Waals surface area contributed by atoms with Crippen molar-refractivity contribution in [2.45, 2.75) is 12.5 Å². The number of nitrogens with zero attached hydrogens (tertiary/aromatic N) is 2. The normalized spacial score (nSPS) is 21.3. The first-order chi connectivity index (χ1) is 5.86. The molecule has 1 aromatic heterocycles. The van der Waals surface area contributed by atoms with Gasteiger partial charge in [-0.25, -0.2) is 4.98 Å². The molecule has 1 unspecified atom stereocenters. The number of hydrogen-bond acceptors (Lipinski definition) is 3. The molecular weight excluding hydrogens is 186 g/mol. The van der Waals surface area contributed by atoms with Gasteiger partial charge in [0.05, 0.1) is 0 Å². The van der Waals surface area contributed by atoms with E-state index in [-0.39, 0.29) is 12.4 Å². The fourth-order valence-corrected chi connectivity index (χ4v) is 1.54. The first kappa shape index (κ1) is 10.3. The van der Waals surface area contributed by atoms with E-state index < -0.39 is 0 Å². The maximum absolute atomic E-state index is 5.79. The summed E-state index contributed by atoms with van der Waals surface area (Å²) in [4.78, 5) is 6.49. The molecular formula is C9H14ClN3. The molecule has 2 rings (SSSR count). The molecule has 4 heteroatoms. The van der Waals surface area contributed by atoms with E-state index >= 15 is 0 Å². The Hall–Kier alpha value is -0.800. The summed E-state index contributed by atoms with van der Waals surface area (Å²) in [6.45, 7) is 1.98. The van der Waals surface area contributed by atoms with Crippen molar-refractivity contribution >= 4 is 18.2 Å². The van der Waals surface area contributed by atoms with Gasteiger partial charge in [-0.05, 0) is 18.6 Å². The van der Waals surface area contributed by atoms with Crippen molar-refractivity contribution in [1.29, 1.82) is 0 Å². The lowest BCUT2D eigenvalue weighted by Crippen LogP contribution is -2.26. The predicted molar refractivity (Wildman–Crippen MR) is 56.3 cm³/mol. The second-order valence-electron chi connectivity index (χ2n) is 3.18. The van der Waals surface area contributed by atoms with Crippen LogP contribution in [-0.4, -0.2) is 24.1 Å². The number of aromatic nitrogens is 1. The number of halogens is 1. The Morgan fingerprint density at radius 3 is 2.85 bits per heavy atom. The zero-order valence-electron chi connectivity index (χ0n) is 7.39. The van der Waals surface area contributed by atoms with Gasteiger partial charge in [-0.2, -0.15) is 0 Å². The molecule has 1 aliphatic rings. The second-order valence-corrected chi connectivity index (χ2v) is 3.18. The number of anilines is 1. The summed E-state index contributed by atoms with van der Waals surface area (Å²) in [5.74, 6) is 1.05. The molecule has 0 aliphatic carbocycles.